The molecule has 0 bridgehead atoms. The fraction of sp³-hybridized carbons (Fsp3) is 0.278. The highest BCUT2D eigenvalue weighted by atomic mass is 19.4. The molecule has 6 heteroatoms. The van der Waals surface area contributed by atoms with Crippen LogP contribution in [0.3, 0.4) is 0 Å². The van der Waals surface area contributed by atoms with Gasteiger partial charge in [0.1, 0.15) is 0 Å². The van der Waals surface area contributed by atoms with Crippen molar-refractivity contribution < 1.29 is 18.0 Å². The lowest BCUT2D eigenvalue weighted by atomic mass is 10.1. The van der Waals surface area contributed by atoms with Gasteiger partial charge in [-0.3, -0.25) is 4.79 Å². The van der Waals surface area contributed by atoms with Gasteiger partial charge in [-0.2, -0.15) is 13.2 Å². The second-order valence-corrected chi connectivity index (χ2v) is 5.90. The molecule has 0 aromatic heterocycles. The van der Waals surface area contributed by atoms with Crippen LogP contribution in [0, 0.1) is 0 Å². The SMILES string of the molecule is CC1Cc2ccccc2N1CC(=O)Nc1ccccc1C(F)(F)F. The van der Waals surface area contributed by atoms with Gasteiger partial charge in [-0.1, -0.05) is 30.3 Å². The van der Waals surface area contributed by atoms with E-state index in [1.54, 1.807) is 0 Å². The second kappa shape index (κ2) is 6.19. The molecule has 1 heterocycles. The average Bonchev–Trinajstić information content (AvgIpc) is 2.83. The minimum Gasteiger partial charge on any atom is -0.359 e. The lowest BCUT2D eigenvalue weighted by molar-refractivity contribution is -0.137. The fourth-order valence-corrected chi connectivity index (χ4v) is 3.05. The Labute approximate surface area is 138 Å². The van der Waals surface area contributed by atoms with E-state index in [0.29, 0.717) is 0 Å². The van der Waals surface area contributed by atoms with E-state index in [1.807, 2.05) is 36.1 Å². The molecule has 1 amide bonds. The molecule has 1 N–H and O–H groups in total. The number of fused-ring (bicyclic) bond motifs is 1. The number of alkyl halides is 3. The van der Waals surface area contributed by atoms with E-state index in [-0.39, 0.29) is 18.3 Å². The summed E-state index contributed by atoms with van der Waals surface area (Å²) in [4.78, 5) is 14.2. The molecule has 2 aromatic carbocycles. The zero-order chi connectivity index (χ0) is 17.3. The Hall–Kier alpha value is -2.50. The summed E-state index contributed by atoms with van der Waals surface area (Å²) in [5.74, 6) is -0.463. The van der Waals surface area contributed by atoms with Crippen molar-refractivity contribution in [1.29, 1.82) is 0 Å². The summed E-state index contributed by atoms with van der Waals surface area (Å²) in [5, 5.41) is 2.39. The number of benzene rings is 2. The molecular weight excluding hydrogens is 317 g/mol. The summed E-state index contributed by atoms with van der Waals surface area (Å²) < 4.78 is 39.0. The smallest absolute Gasteiger partial charge is 0.359 e. The second-order valence-electron chi connectivity index (χ2n) is 5.90. The number of nitrogens with one attached hydrogen (secondary N) is 1. The number of carbonyl (C=O) groups excluding carboxylic acids is 1. The number of hydrogen-bond acceptors (Lipinski definition) is 2. The van der Waals surface area contributed by atoms with E-state index >= 15 is 0 Å². The Morgan fingerprint density at radius 1 is 1.17 bits per heavy atom. The first kappa shape index (κ1) is 16.4. The Kier molecular flexibility index (Phi) is 4.22. The summed E-state index contributed by atoms with van der Waals surface area (Å²) >= 11 is 0. The first-order valence-corrected chi connectivity index (χ1v) is 7.67. The molecule has 0 saturated heterocycles. The highest BCUT2D eigenvalue weighted by Gasteiger charge is 2.34. The summed E-state index contributed by atoms with van der Waals surface area (Å²) in [5.41, 5.74) is 1.06. The van der Waals surface area contributed by atoms with E-state index in [2.05, 4.69) is 5.32 Å². The molecule has 2 aromatic rings. The quantitative estimate of drug-likeness (QED) is 0.917. The zero-order valence-electron chi connectivity index (χ0n) is 13.1. The van der Waals surface area contributed by atoms with Gasteiger partial charge in [-0.05, 0) is 37.1 Å². The highest BCUT2D eigenvalue weighted by molar-refractivity contribution is 5.95. The molecule has 0 aliphatic carbocycles. The molecule has 0 spiro atoms. The molecule has 3 nitrogen and oxygen atoms in total. The maximum absolute atomic E-state index is 13.0. The van der Waals surface area contributed by atoms with Gasteiger partial charge in [0.15, 0.2) is 0 Å². The van der Waals surface area contributed by atoms with Crippen molar-refractivity contribution in [3.63, 3.8) is 0 Å². The van der Waals surface area contributed by atoms with E-state index < -0.39 is 17.6 Å². The number of halogens is 3. The molecule has 0 fully saturated rings. The number of para-hydroxylation sites is 2. The maximum atomic E-state index is 13.0. The van der Waals surface area contributed by atoms with Gasteiger partial charge >= 0.3 is 6.18 Å². The standard InChI is InChI=1S/C18H17F3N2O/c1-12-10-13-6-2-5-9-16(13)23(12)11-17(24)22-15-8-4-3-7-14(15)18(19,20)21/h2-9,12H,10-11H2,1H3,(H,22,24). The van der Waals surface area contributed by atoms with Gasteiger partial charge in [-0.25, -0.2) is 0 Å². The Bertz CT molecular complexity index is 758. The Balaban J connectivity index is 1.76. The van der Waals surface area contributed by atoms with Crippen molar-refractivity contribution in [1.82, 2.24) is 0 Å². The molecule has 1 unspecified atom stereocenters. The summed E-state index contributed by atoms with van der Waals surface area (Å²) in [6, 6.07) is 12.9. The summed E-state index contributed by atoms with van der Waals surface area (Å²) in [7, 11) is 0. The minimum atomic E-state index is -4.50. The van der Waals surface area contributed by atoms with Crippen LogP contribution >= 0.6 is 0 Å². The van der Waals surface area contributed by atoms with E-state index in [9.17, 15) is 18.0 Å². The molecular formula is C18H17F3N2O. The van der Waals surface area contributed by atoms with E-state index in [0.717, 1.165) is 23.7 Å². The first-order chi connectivity index (χ1) is 11.4. The molecule has 126 valence electrons. The van der Waals surface area contributed by atoms with E-state index in [1.165, 1.54) is 18.2 Å². The van der Waals surface area contributed by atoms with Gasteiger partial charge in [0.25, 0.3) is 0 Å². The predicted molar refractivity (Wildman–Crippen MR) is 87.0 cm³/mol. The van der Waals surface area contributed by atoms with Gasteiger partial charge in [0.2, 0.25) is 5.91 Å². The van der Waals surface area contributed by atoms with Gasteiger partial charge in [0.05, 0.1) is 17.8 Å². The monoisotopic (exact) mass is 334 g/mol. The predicted octanol–water partition coefficient (Wildman–Crippen LogP) is 4.10. The minimum absolute atomic E-state index is 0.0182. The van der Waals surface area contributed by atoms with Gasteiger partial charge < -0.3 is 10.2 Å². The third kappa shape index (κ3) is 3.22. The number of amides is 1. The van der Waals surface area contributed by atoms with Crippen LogP contribution < -0.4 is 10.2 Å². The average molecular weight is 334 g/mol. The number of rotatable bonds is 3. The number of carbonyl (C=O) groups is 1. The molecule has 24 heavy (non-hydrogen) atoms. The van der Waals surface area contributed by atoms with Crippen LogP contribution in [-0.4, -0.2) is 18.5 Å². The molecule has 0 radical (unpaired) electrons. The van der Waals surface area contributed by atoms with Crippen LogP contribution in [0.1, 0.15) is 18.1 Å². The first-order valence-electron chi connectivity index (χ1n) is 7.67. The van der Waals surface area contributed by atoms with Crippen LogP contribution in [0.15, 0.2) is 48.5 Å². The van der Waals surface area contributed by atoms with Crippen LogP contribution in [0.4, 0.5) is 24.5 Å². The van der Waals surface area contributed by atoms with Gasteiger partial charge in [0, 0.05) is 11.7 Å². The third-order valence-electron chi connectivity index (χ3n) is 4.17. The molecule has 3 rings (SSSR count). The maximum Gasteiger partial charge on any atom is 0.418 e. The van der Waals surface area contributed by atoms with Crippen molar-refractivity contribution >= 4 is 17.3 Å². The Morgan fingerprint density at radius 3 is 2.58 bits per heavy atom. The summed E-state index contributed by atoms with van der Waals surface area (Å²) in [6.07, 6.45) is -3.68. The van der Waals surface area contributed by atoms with Crippen molar-refractivity contribution in [3.8, 4) is 0 Å². The topological polar surface area (TPSA) is 32.3 Å². The Morgan fingerprint density at radius 2 is 1.83 bits per heavy atom. The molecule has 0 saturated carbocycles. The van der Waals surface area contributed by atoms with Crippen molar-refractivity contribution in [2.75, 3.05) is 16.8 Å². The van der Waals surface area contributed by atoms with Gasteiger partial charge in [-0.15, -0.1) is 0 Å². The molecule has 1 aliphatic rings. The number of nitrogens with zero attached hydrogens (tertiary/aromatic N) is 1. The third-order valence-corrected chi connectivity index (χ3v) is 4.17. The van der Waals surface area contributed by atoms with Crippen LogP contribution in [0.25, 0.3) is 0 Å². The molecule has 1 aliphatic heterocycles. The molecule has 1 atom stereocenters. The largest absolute Gasteiger partial charge is 0.418 e. The van der Waals surface area contributed by atoms with Crippen LogP contribution in [0.2, 0.25) is 0 Å². The highest BCUT2D eigenvalue weighted by Crippen LogP contribution is 2.35. The summed E-state index contributed by atoms with van der Waals surface area (Å²) in [6.45, 7) is 2.02. The van der Waals surface area contributed by atoms with Crippen molar-refractivity contribution in [2.24, 2.45) is 0 Å². The number of hydrogen-bond donors (Lipinski definition) is 1. The fourth-order valence-electron chi connectivity index (χ4n) is 3.05. The normalized spacial score (nSPS) is 16.8. The number of anilines is 2. The van der Waals surface area contributed by atoms with Crippen molar-refractivity contribution in [2.45, 2.75) is 25.6 Å². The zero-order valence-corrected chi connectivity index (χ0v) is 13.1. The lowest BCUT2D eigenvalue weighted by Crippen LogP contribution is -2.37. The van der Waals surface area contributed by atoms with Crippen LogP contribution in [0.5, 0.6) is 0 Å². The van der Waals surface area contributed by atoms with E-state index in [4.69, 9.17) is 0 Å². The lowest BCUT2D eigenvalue weighted by Gasteiger charge is -2.24. The van der Waals surface area contributed by atoms with Crippen molar-refractivity contribution in [3.05, 3.63) is 59.7 Å². The van der Waals surface area contributed by atoms with Crippen LogP contribution in [-0.2, 0) is 17.4 Å².